The first-order chi connectivity index (χ1) is 6.15. The number of hydrogen-bond acceptors (Lipinski definition) is 2. The van der Waals surface area contributed by atoms with Crippen molar-refractivity contribution >= 4 is 15.9 Å². The minimum atomic E-state index is -2.55. The Hall–Kier alpha value is -1.02. The number of rotatable bonds is 2. The average Bonchev–Trinajstić information content (AvgIpc) is 2.08. The molecule has 5 heteroatoms. The van der Waals surface area contributed by atoms with E-state index >= 15 is 0 Å². The summed E-state index contributed by atoms with van der Waals surface area (Å²) < 4.78 is 24.9. The van der Waals surface area contributed by atoms with Crippen molar-refractivity contribution < 1.29 is 8.78 Å². The number of aromatic nitrogens is 1. The fraction of sp³-hybridized carbons (Fsp3) is 0.250. The highest BCUT2D eigenvalue weighted by atomic mass is 79.9. The first-order valence-electron chi connectivity index (χ1n) is 3.44. The molecule has 0 saturated heterocycles. The van der Waals surface area contributed by atoms with E-state index in [1.807, 2.05) is 6.07 Å². The van der Waals surface area contributed by atoms with Crippen molar-refractivity contribution in [2.45, 2.75) is 12.8 Å². The van der Waals surface area contributed by atoms with Gasteiger partial charge in [0.15, 0.2) is 0 Å². The van der Waals surface area contributed by atoms with Crippen LogP contribution in [0.15, 0.2) is 16.7 Å². The number of pyridine rings is 1. The molecule has 0 atom stereocenters. The zero-order chi connectivity index (χ0) is 9.84. The first-order valence-corrected chi connectivity index (χ1v) is 4.24. The van der Waals surface area contributed by atoms with Gasteiger partial charge in [0, 0.05) is 16.2 Å². The van der Waals surface area contributed by atoms with Crippen molar-refractivity contribution in [3.05, 3.63) is 28.0 Å². The van der Waals surface area contributed by atoms with Crippen molar-refractivity contribution in [2.24, 2.45) is 0 Å². The van der Waals surface area contributed by atoms with E-state index in [1.54, 1.807) is 0 Å². The van der Waals surface area contributed by atoms with E-state index in [4.69, 9.17) is 5.26 Å². The SMILES string of the molecule is N#CCc1cc(C(F)F)c(Br)cn1. The monoisotopic (exact) mass is 246 g/mol. The van der Waals surface area contributed by atoms with Crippen molar-refractivity contribution in [2.75, 3.05) is 0 Å². The topological polar surface area (TPSA) is 36.7 Å². The lowest BCUT2D eigenvalue weighted by Gasteiger charge is -2.03. The van der Waals surface area contributed by atoms with E-state index in [9.17, 15) is 8.78 Å². The van der Waals surface area contributed by atoms with Gasteiger partial charge in [-0.25, -0.2) is 8.78 Å². The third-order valence-electron chi connectivity index (χ3n) is 1.44. The summed E-state index contributed by atoms with van der Waals surface area (Å²) >= 11 is 2.96. The molecule has 0 saturated carbocycles. The fourth-order valence-corrected chi connectivity index (χ4v) is 1.23. The lowest BCUT2D eigenvalue weighted by Crippen LogP contribution is -1.93. The molecule has 0 fully saturated rings. The molecule has 2 nitrogen and oxygen atoms in total. The molecule has 0 unspecified atom stereocenters. The Morgan fingerprint density at radius 2 is 2.31 bits per heavy atom. The molecule has 0 N–H and O–H groups in total. The third kappa shape index (κ3) is 2.46. The normalized spacial score (nSPS) is 10.1. The molecular formula is C8H5BrF2N2. The van der Waals surface area contributed by atoms with E-state index in [0.29, 0.717) is 5.69 Å². The van der Waals surface area contributed by atoms with Crippen LogP contribution in [0.1, 0.15) is 17.7 Å². The molecule has 0 aromatic carbocycles. The second kappa shape index (κ2) is 4.28. The highest BCUT2D eigenvalue weighted by Crippen LogP contribution is 2.26. The molecule has 0 bridgehead atoms. The minimum Gasteiger partial charge on any atom is -0.259 e. The van der Waals surface area contributed by atoms with Gasteiger partial charge < -0.3 is 0 Å². The second-order valence-electron chi connectivity index (χ2n) is 2.33. The summed E-state index contributed by atoms with van der Waals surface area (Å²) in [5, 5.41) is 8.33. The Morgan fingerprint density at radius 1 is 1.62 bits per heavy atom. The molecule has 0 aliphatic heterocycles. The van der Waals surface area contributed by atoms with Crippen LogP contribution >= 0.6 is 15.9 Å². The Bertz CT molecular complexity index is 346. The zero-order valence-electron chi connectivity index (χ0n) is 6.47. The predicted molar refractivity (Wildman–Crippen MR) is 46.2 cm³/mol. The lowest BCUT2D eigenvalue weighted by molar-refractivity contribution is 0.150. The zero-order valence-corrected chi connectivity index (χ0v) is 8.05. The summed E-state index contributed by atoms with van der Waals surface area (Å²) in [5.74, 6) is 0. The van der Waals surface area contributed by atoms with Crippen molar-refractivity contribution in [1.29, 1.82) is 5.26 Å². The van der Waals surface area contributed by atoms with E-state index in [-0.39, 0.29) is 16.5 Å². The smallest absolute Gasteiger partial charge is 0.259 e. The molecule has 0 spiro atoms. The van der Waals surface area contributed by atoms with Crippen molar-refractivity contribution in [3.8, 4) is 6.07 Å². The van der Waals surface area contributed by atoms with Gasteiger partial charge in [-0.1, -0.05) is 0 Å². The van der Waals surface area contributed by atoms with Gasteiger partial charge in [0.25, 0.3) is 6.43 Å². The molecule has 0 aliphatic rings. The van der Waals surface area contributed by atoms with Gasteiger partial charge in [-0.2, -0.15) is 5.26 Å². The van der Waals surface area contributed by atoms with Crippen molar-refractivity contribution in [3.63, 3.8) is 0 Å². The Kier molecular flexibility index (Phi) is 3.32. The Labute approximate surface area is 82.3 Å². The van der Waals surface area contributed by atoms with Crippen molar-refractivity contribution in [1.82, 2.24) is 4.98 Å². The van der Waals surface area contributed by atoms with Gasteiger partial charge in [-0.15, -0.1) is 0 Å². The summed E-state index contributed by atoms with van der Waals surface area (Å²) in [6.07, 6.45) is -1.21. The quantitative estimate of drug-likeness (QED) is 0.805. The van der Waals surface area contributed by atoms with Crippen LogP contribution in [0.4, 0.5) is 8.78 Å². The van der Waals surface area contributed by atoms with E-state index in [1.165, 1.54) is 12.3 Å². The summed E-state index contributed by atoms with van der Waals surface area (Å²) in [4.78, 5) is 3.81. The van der Waals surface area contributed by atoms with E-state index in [0.717, 1.165) is 0 Å². The Balaban J connectivity index is 3.05. The largest absolute Gasteiger partial charge is 0.265 e. The second-order valence-corrected chi connectivity index (χ2v) is 3.19. The molecule has 0 aliphatic carbocycles. The molecule has 1 heterocycles. The van der Waals surface area contributed by atoms with E-state index < -0.39 is 6.43 Å². The van der Waals surface area contributed by atoms with Crippen LogP contribution in [-0.2, 0) is 6.42 Å². The van der Waals surface area contributed by atoms with Gasteiger partial charge in [0.2, 0.25) is 0 Å². The molecule has 0 amide bonds. The van der Waals surface area contributed by atoms with E-state index in [2.05, 4.69) is 20.9 Å². The van der Waals surface area contributed by atoms with Crippen LogP contribution in [0.3, 0.4) is 0 Å². The third-order valence-corrected chi connectivity index (χ3v) is 2.10. The molecule has 0 radical (unpaired) electrons. The maximum atomic E-state index is 12.3. The first kappa shape index (κ1) is 10.1. The number of halogens is 3. The highest BCUT2D eigenvalue weighted by Gasteiger charge is 2.12. The van der Waals surface area contributed by atoms with Crippen LogP contribution in [0.5, 0.6) is 0 Å². The predicted octanol–water partition coefficient (Wildman–Crippen LogP) is 2.85. The number of alkyl halides is 2. The molecule has 13 heavy (non-hydrogen) atoms. The fourth-order valence-electron chi connectivity index (χ4n) is 0.845. The molecule has 1 rings (SSSR count). The standard InChI is InChI=1S/C8H5BrF2N2/c9-7-4-13-5(1-2-12)3-6(7)8(10)11/h3-4,8H,1H2. The van der Waals surface area contributed by atoms with Gasteiger partial charge in [0.1, 0.15) is 0 Å². The van der Waals surface area contributed by atoms with Crippen LogP contribution in [0.2, 0.25) is 0 Å². The minimum absolute atomic E-state index is 0.0486. The summed E-state index contributed by atoms with van der Waals surface area (Å²) in [6, 6.07) is 3.08. The number of hydrogen-bond donors (Lipinski definition) is 0. The number of nitriles is 1. The maximum Gasteiger partial charge on any atom is 0.265 e. The number of nitrogens with zero attached hydrogens (tertiary/aromatic N) is 2. The lowest BCUT2D eigenvalue weighted by atomic mass is 10.2. The Morgan fingerprint density at radius 3 is 2.85 bits per heavy atom. The molecule has 1 aromatic rings. The van der Waals surface area contributed by atoms with Gasteiger partial charge in [-0.05, 0) is 22.0 Å². The molecule has 1 aromatic heterocycles. The van der Waals surface area contributed by atoms with Crippen LogP contribution in [0.25, 0.3) is 0 Å². The molecule has 68 valence electrons. The summed E-state index contributed by atoms with van der Waals surface area (Å²) in [5.41, 5.74) is 0.237. The van der Waals surface area contributed by atoms with Crippen LogP contribution in [0, 0.1) is 11.3 Å². The van der Waals surface area contributed by atoms with Gasteiger partial charge in [0.05, 0.1) is 18.2 Å². The highest BCUT2D eigenvalue weighted by molar-refractivity contribution is 9.10. The van der Waals surface area contributed by atoms with Crippen LogP contribution < -0.4 is 0 Å². The maximum absolute atomic E-state index is 12.3. The average molecular weight is 247 g/mol. The van der Waals surface area contributed by atoms with Gasteiger partial charge in [-0.3, -0.25) is 4.98 Å². The molecular weight excluding hydrogens is 242 g/mol. The summed E-state index contributed by atoms with van der Waals surface area (Å²) in [6.45, 7) is 0. The van der Waals surface area contributed by atoms with Crippen LogP contribution in [-0.4, -0.2) is 4.98 Å². The van der Waals surface area contributed by atoms with Gasteiger partial charge >= 0.3 is 0 Å². The summed E-state index contributed by atoms with van der Waals surface area (Å²) in [7, 11) is 0.